The van der Waals surface area contributed by atoms with E-state index in [1.54, 1.807) is 18.2 Å². The maximum absolute atomic E-state index is 12.1. The summed E-state index contributed by atoms with van der Waals surface area (Å²) in [5.41, 5.74) is 2.71. The standard InChI is InChI=1S/C19H14Cl2N2OS/c1-12-18(14-5-9-16(21)10-6-14)23-19(25-12)22-17(24)11-4-13-2-7-15(20)8-3-13/h2-11H,1H3,(H,22,23,24)/b11-4+. The summed E-state index contributed by atoms with van der Waals surface area (Å²) in [4.78, 5) is 17.6. The predicted molar refractivity (Wildman–Crippen MR) is 106 cm³/mol. The van der Waals surface area contributed by atoms with Gasteiger partial charge in [0, 0.05) is 26.6 Å². The van der Waals surface area contributed by atoms with Crippen LogP contribution >= 0.6 is 34.5 Å². The summed E-state index contributed by atoms with van der Waals surface area (Å²) in [6.07, 6.45) is 3.20. The van der Waals surface area contributed by atoms with E-state index in [1.165, 1.54) is 17.4 Å². The second-order valence-corrected chi connectivity index (χ2v) is 7.38. The molecule has 1 N–H and O–H groups in total. The van der Waals surface area contributed by atoms with Crippen molar-refractivity contribution in [2.24, 2.45) is 0 Å². The van der Waals surface area contributed by atoms with Crippen molar-refractivity contribution in [1.82, 2.24) is 4.98 Å². The third-order valence-corrected chi connectivity index (χ3v) is 4.83. The number of aromatic nitrogens is 1. The second-order valence-electron chi connectivity index (χ2n) is 5.30. The van der Waals surface area contributed by atoms with Crippen molar-refractivity contribution in [1.29, 1.82) is 0 Å². The first-order valence-electron chi connectivity index (χ1n) is 7.49. The number of nitrogens with one attached hydrogen (secondary N) is 1. The van der Waals surface area contributed by atoms with Gasteiger partial charge in [0.25, 0.3) is 0 Å². The molecule has 0 atom stereocenters. The van der Waals surface area contributed by atoms with Crippen molar-refractivity contribution < 1.29 is 4.79 Å². The van der Waals surface area contributed by atoms with Gasteiger partial charge in [0.2, 0.25) is 5.91 Å². The van der Waals surface area contributed by atoms with E-state index in [9.17, 15) is 4.79 Å². The first kappa shape index (κ1) is 17.7. The number of hydrogen-bond acceptors (Lipinski definition) is 3. The van der Waals surface area contributed by atoms with Crippen molar-refractivity contribution in [3.63, 3.8) is 0 Å². The van der Waals surface area contributed by atoms with Crippen molar-refractivity contribution >= 4 is 51.7 Å². The highest BCUT2D eigenvalue weighted by atomic mass is 35.5. The molecule has 0 aliphatic rings. The zero-order valence-electron chi connectivity index (χ0n) is 13.3. The van der Waals surface area contributed by atoms with Gasteiger partial charge in [0.15, 0.2) is 5.13 Å². The van der Waals surface area contributed by atoms with E-state index < -0.39 is 0 Å². The summed E-state index contributed by atoms with van der Waals surface area (Å²) in [6.45, 7) is 1.97. The quantitative estimate of drug-likeness (QED) is 0.550. The molecule has 0 saturated heterocycles. The molecule has 1 aromatic heterocycles. The molecule has 0 aliphatic carbocycles. The Labute approximate surface area is 159 Å². The van der Waals surface area contributed by atoms with Gasteiger partial charge < -0.3 is 0 Å². The Bertz CT molecular complexity index is 916. The summed E-state index contributed by atoms with van der Waals surface area (Å²) >= 11 is 13.2. The molecular formula is C19H14Cl2N2OS. The number of thiazole rings is 1. The number of nitrogens with zero attached hydrogens (tertiary/aromatic N) is 1. The van der Waals surface area contributed by atoms with Gasteiger partial charge in [-0.1, -0.05) is 47.5 Å². The molecule has 0 bridgehead atoms. The van der Waals surface area contributed by atoms with Crippen LogP contribution in [0.5, 0.6) is 0 Å². The van der Waals surface area contributed by atoms with Crippen LogP contribution in [-0.4, -0.2) is 10.9 Å². The highest BCUT2D eigenvalue weighted by Gasteiger charge is 2.11. The molecule has 1 heterocycles. The molecule has 6 heteroatoms. The van der Waals surface area contributed by atoms with Gasteiger partial charge in [-0.05, 0) is 42.8 Å². The van der Waals surface area contributed by atoms with Crippen molar-refractivity contribution in [3.8, 4) is 11.3 Å². The van der Waals surface area contributed by atoms with Gasteiger partial charge in [-0.15, -0.1) is 11.3 Å². The van der Waals surface area contributed by atoms with Gasteiger partial charge >= 0.3 is 0 Å². The van der Waals surface area contributed by atoms with Crippen LogP contribution in [0, 0.1) is 6.92 Å². The van der Waals surface area contributed by atoms with Crippen molar-refractivity contribution in [2.45, 2.75) is 6.92 Å². The smallest absolute Gasteiger partial charge is 0.250 e. The van der Waals surface area contributed by atoms with E-state index in [-0.39, 0.29) is 5.91 Å². The predicted octanol–water partition coefficient (Wildman–Crippen LogP) is 6.08. The molecule has 25 heavy (non-hydrogen) atoms. The van der Waals surface area contributed by atoms with Gasteiger partial charge in [-0.2, -0.15) is 0 Å². The Kier molecular flexibility index (Phi) is 5.53. The van der Waals surface area contributed by atoms with Crippen LogP contribution in [0.15, 0.2) is 54.6 Å². The first-order chi connectivity index (χ1) is 12.0. The minimum atomic E-state index is -0.230. The maximum Gasteiger partial charge on any atom is 0.250 e. The summed E-state index contributed by atoms with van der Waals surface area (Å²) in [5.74, 6) is -0.230. The van der Waals surface area contributed by atoms with E-state index in [1.807, 2.05) is 43.3 Å². The molecule has 1 amide bonds. The lowest BCUT2D eigenvalue weighted by Gasteiger charge is -1.98. The highest BCUT2D eigenvalue weighted by Crippen LogP contribution is 2.31. The molecule has 2 aromatic carbocycles. The average molecular weight is 389 g/mol. The van der Waals surface area contributed by atoms with Crippen LogP contribution in [0.1, 0.15) is 10.4 Å². The lowest BCUT2D eigenvalue weighted by Crippen LogP contribution is -2.07. The number of halogens is 2. The van der Waals surface area contributed by atoms with Crippen LogP contribution in [0.2, 0.25) is 10.0 Å². The van der Waals surface area contributed by atoms with Crippen LogP contribution in [0.3, 0.4) is 0 Å². The van der Waals surface area contributed by atoms with Gasteiger partial charge in [-0.25, -0.2) is 4.98 Å². The highest BCUT2D eigenvalue weighted by molar-refractivity contribution is 7.16. The zero-order chi connectivity index (χ0) is 17.8. The summed E-state index contributed by atoms with van der Waals surface area (Å²) < 4.78 is 0. The van der Waals surface area contributed by atoms with E-state index in [0.29, 0.717) is 15.2 Å². The fourth-order valence-corrected chi connectivity index (χ4v) is 3.31. The molecule has 3 rings (SSSR count). The lowest BCUT2D eigenvalue weighted by molar-refractivity contribution is -0.111. The third kappa shape index (κ3) is 4.69. The monoisotopic (exact) mass is 388 g/mol. The SMILES string of the molecule is Cc1sc(NC(=O)/C=C/c2ccc(Cl)cc2)nc1-c1ccc(Cl)cc1. The molecule has 126 valence electrons. The zero-order valence-corrected chi connectivity index (χ0v) is 15.6. The van der Waals surface area contributed by atoms with Crippen LogP contribution in [0.25, 0.3) is 17.3 Å². The van der Waals surface area contributed by atoms with Crippen LogP contribution in [0.4, 0.5) is 5.13 Å². The van der Waals surface area contributed by atoms with Crippen LogP contribution in [-0.2, 0) is 4.79 Å². The number of carbonyl (C=O) groups excluding carboxylic acids is 1. The third-order valence-electron chi connectivity index (χ3n) is 3.44. The topological polar surface area (TPSA) is 42.0 Å². The Morgan fingerprint density at radius 3 is 2.28 bits per heavy atom. The first-order valence-corrected chi connectivity index (χ1v) is 9.06. The molecule has 0 spiro atoms. The van der Waals surface area contributed by atoms with Gasteiger partial charge in [0.1, 0.15) is 0 Å². The molecule has 0 unspecified atom stereocenters. The Hall–Kier alpha value is -2.14. The number of benzene rings is 2. The number of amides is 1. The van der Waals surface area contributed by atoms with E-state index in [2.05, 4.69) is 10.3 Å². The van der Waals surface area contributed by atoms with E-state index in [4.69, 9.17) is 23.2 Å². The van der Waals surface area contributed by atoms with E-state index in [0.717, 1.165) is 21.7 Å². The molecular weight excluding hydrogens is 375 g/mol. The van der Waals surface area contributed by atoms with Gasteiger partial charge in [-0.3, -0.25) is 10.1 Å². The normalized spacial score (nSPS) is 11.0. The number of hydrogen-bond donors (Lipinski definition) is 1. The molecule has 0 aliphatic heterocycles. The number of rotatable bonds is 4. The van der Waals surface area contributed by atoms with E-state index >= 15 is 0 Å². The number of anilines is 1. The molecule has 0 radical (unpaired) electrons. The Morgan fingerprint density at radius 2 is 1.64 bits per heavy atom. The molecule has 3 aromatic rings. The molecule has 0 fully saturated rings. The minimum Gasteiger partial charge on any atom is -0.298 e. The van der Waals surface area contributed by atoms with Crippen molar-refractivity contribution in [2.75, 3.05) is 5.32 Å². The lowest BCUT2D eigenvalue weighted by atomic mass is 10.1. The fraction of sp³-hybridized carbons (Fsp3) is 0.0526. The van der Waals surface area contributed by atoms with Gasteiger partial charge in [0.05, 0.1) is 5.69 Å². The Balaban J connectivity index is 1.70. The van der Waals surface area contributed by atoms with Crippen molar-refractivity contribution in [3.05, 3.63) is 75.1 Å². The minimum absolute atomic E-state index is 0.230. The number of carbonyl (C=O) groups is 1. The molecule has 3 nitrogen and oxygen atoms in total. The summed E-state index contributed by atoms with van der Waals surface area (Å²) in [5, 5.41) is 4.70. The molecule has 0 saturated carbocycles. The second kappa shape index (κ2) is 7.83. The fourth-order valence-electron chi connectivity index (χ4n) is 2.22. The average Bonchev–Trinajstić information content (AvgIpc) is 2.95. The summed E-state index contributed by atoms with van der Waals surface area (Å²) in [7, 11) is 0. The summed E-state index contributed by atoms with van der Waals surface area (Å²) in [6, 6.07) is 14.7. The Morgan fingerprint density at radius 1 is 1.04 bits per heavy atom. The number of aryl methyl sites for hydroxylation is 1. The van der Waals surface area contributed by atoms with Crippen LogP contribution < -0.4 is 5.32 Å². The largest absolute Gasteiger partial charge is 0.298 e. The maximum atomic E-state index is 12.1.